The molecule has 86 valence electrons. The maximum absolute atomic E-state index is 11.7. The highest BCUT2D eigenvalue weighted by Gasteiger charge is 2.65. The zero-order valence-corrected chi connectivity index (χ0v) is 9.36. The number of terminal acetylenes is 1. The van der Waals surface area contributed by atoms with Gasteiger partial charge in [-0.2, -0.15) is 0 Å². The molecule has 0 spiro atoms. The first kappa shape index (κ1) is 10.2. The van der Waals surface area contributed by atoms with Crippen LogP contribution in [0.15, 0.2) is 0 Å². The first-order chi connectivity index (χ1) is 7.72. The highest BCUT2D eigenvalue weighted by atomic mass is 16.2. The van der Waals surface area contributed by atoms with E-state index in [-0.39, 0.29) is 5.91 Å². The Morgan fingerprint density at radius 3 is 2.62 bits per heavy atom. The summed E-state index contributed by atoms with van der Waals surface area (Å²) in [4.78, 5) is 11.7. The van der Waals surface area contributed by atoms with Crippen LogP contribution >= 0.6 is 0 Å². The third-order valence-corrected chi connectivity index (χ3v) is 4.72. The van der Waals surface area contributed by atoms with Gasteiger partial charge in [0.25, 0.3) is 0 Å². The number of nitrogens with two attached hydrogens (primary N) is 1. The summed E-state index contributed by atoms with van der Waals surface area (Å²) in [5.41, 5.74) is 5.68. The second kappa shape index (κ2) is 3.49. The van der Waals surface area contributed by atoms with E-state index < -0.39 is 6.04 Å². The van der Waals surface area contributed by atoms with Crippen LogP contribution in [0.25, 0.3) is 0 Å². The van der Waals surface area contributed by atoms with Gasteiger partial charge in [0.05, 0.1) is 6.04 Å². The molecule has 3 heteroatoms. The Bertz CT molecular complexity index is 343. The monoisotopic (exact) mass is 218 g/mol. The summed E-state index contributed by atoms with van der Waals surface area (Å²) in [5, 5.41) is 3.08. The molecule has 0 aromatic heterocycles. The molecule has 0 saturated heterocycles. The van der Waals surface area contributed by atoms with Crippen molar-refractivity contribution in [3.63, 3.8) is 0 Å². The SMILES string of the molecule is C#CCC(N)C(=O)NC1C2C3CCC(C3)C12. The summed E-state index contributed by atoms with van der Waals surface area (Å²) < 4.78 is 0. The number of amides is 1. The van der Waals surface area contributed by atoms with Crippen LogP contribution in [0.3, 0.4) is 0 Å². The average Bonchev–Trinajstić information content (AvgIpc) is 2.69. The van der Waals surface area contributed by atoms with Crippen LogP contribution in [-0.4, -0.2) is 18.0 Å². The number of hydrogen-bond donors (Lipinski definition) is 2. The minimum Gasteiger partial charge on any atom is -0.351 e. The largest absolute Gasteiger partial charge is 0.351 e. The standard InChI is InChI=1S/C13H18N2O/c1-2-3-9(14)13(16)15-12-10-7-4-5-8(6-7)11(10)12/h1,7-12H,3-6,14H2,(H,15,16). The van der Waals surface area contributed by atoms with Gasteiger partial charge in [0.2, 0.25) is 5.91 Å². The number of carbonyl (C=O) groups excluding carboxylic acids is 1. The summed E-state index contributed by atoms with van der Waals surface area (Å²) in [6, 6.07) is -0.105. The first-order valence-corrected chi connectivity index (χ1v) is 6.21. The molecule has 5 unspecified atom stereocenters. The number of carbonyl (C=O) groups is 1. The fourth-order valence-electron chi connectivity index (χ4n) is 4.01. The van der Waals surface area contributed by atoms with Gasteiger partial charge in [0.1, 0.15) is 0 Å². The van der Waals surface area contributed by atoms with E-state index in [1.165, 1.54) is 19.3 Å². The Hall–Kier alpha value is -1.01. The van der Waals surface area contributed by atoms with Gasteiger partial charge in [0.15, 0.2) is 0 Å². The van der Waals surface area contributed by atoms with Gasteiger partial charge in [-0.05, 0) is 42.9 Å². The summed E-state index contributed by atoms with van der Waals surface area (Å²) in [6.07, 6.45) is 9.62. The normalized spacial score (nSPS) is 44.6. The molecule has 0 aliphatic heterocycles. The quantitative estimate of drug-likeness (QED) is 0.678. The molecule has 3 aliphatic carbocycles. The van der Waals surface area contributed by atoms with E-state index in [9.17, 15) is 4.79 Å². The first-order valence-electron chi connectivity index (χ1n) is 6.21. The van der Waals surface area contributed by atoms with Crippen molar-refractivity contribution in [1.29, 1.82) is 0 Å². The molecule has 3 nitrogen and oxygen atoms in total. The molecule has 0 radical (unpaired) electrons. The molecule has 3 rings (SSSR count). The lowest BCUT2D eigenvalue weighted by atomic mass is 10.0. The van der Waals surface area contributed by atoms with Crippen molar-refractivity contribution < 1.29 is 4.79 Å². The van der Waals surface area contributed by atoms with Gasteiger partial charge >= 0.3 is 0 Å². The fourth-order valence-corrected chi connectivity index (χ4v) is 4.01. The second-order valence-corrected chi connectivity index (χ2v) is 5.54. The third kappa shape index (κ3) is 1.36. The highest BCUT2D eigenvalue weighted by Crippen LogP contribution is 2.65. The Balaban J connectivity index is 1.55. The molecular weight excluding hydrogens is 200 g/mol. The summed E-state index contributed by atoms with van der Waals surface area (Å²) in [7, 11) is 0. The molecule has 3 saturated carbocycles. The Kier molecular flexibility index (Phi) is 2.22. The summed E-state index contributed by atoms with van der Waals surface area (Å²) in [5.74, 6) is 5.66. The molecule has 5 atom stereocenters. The van der Waals surface area contributed by atoms with Gasteiger partial charge in [-0.25, -0.2) is 0 Å². The predicted molar refractivity (Wildman–Crippen MR) is 61.2 cm³/mol. The molecule has 3 N–H and O–H groups in total. The maximum atomic E-state index is 11.7. The van der Waals surface area contributed by atoms with Crippen LogP contribution < -0.4 is 11.1 Å². The molecule has 16 heavy (non-hydrogen) atoms. The Labute approximate surface area is 96.2 Å². The number of hydrogen-bond acceptors (Lipinski definition) is 2. The zero-order chi connectivity index (χ0) is 11.3. The van der Waals surface area contributed by atoms with Gasteiger partial charge in [-0.1, -0.05) is 0 Å². The van der Waals surface area contributed by atoms with Crippen molar-refractivity contribution in [2.75, 3.05) is 0 Å². The van der Waals surface area contributed by atoms with Gasteiger partial charge in [0, 0.05) is 12.5 Å². The van der Waals surface area contributed by atoms with Crippen molar-refractivity contribution in [3.05, 3.63) is 0 Å². The number of nitrogens with one attached hydrogen (secondary N) is 1. The van der Waals surface area contributed by atoms with E-state index in [0.29, 0.717) is 12.5 Å². The lowest BCUT2D eigenvalue weighted by molar-refractivity contribution is -0.122. The molecule has 0 aromatic rings. The molecular formula is C13H18N2O. The lowest BCUT2D eigenvalue weighted by Gasteiger charge is -2.13. The van der Waals surface area contributed by atoms with E-state index in [1.807, 2.05) is 0 Å². The lowest BCUT2D eigenvalue weighted by Crippen LogP contribution is -2.42. The average molecular weight is 218 g/mol. The van der Waals surface area contributed by atoms with Crippen LogP contribution in [-0.2, 0) is 4.79 Å². The van der Waals surface area contributed by atoms with E-state index in [1.54, 1.807) is 0 Å². The predicted octanol–water partition coefficient (Wildman–Crippen LogP) is 0.498. The van der Waals surface area contributed by atoms with Crippen molar-refractivity contribution in [1.82, 2.24) is 5.32 Å². The Morgan fingerprint density at radius 1 is 1.44 bits per heavy atom. The minimum absolute atomic E-state index is 0.0586. The van der Waals surface area contributed by atoms with Crippen molar-refractivity contribution in [3.8, 4) is 12.3 Å². The molecule has 1 amide bonds. The molecule has 3 aliphatic rings. The Morgan fingerprint density at radius 2 is 2.06 bits per heavy atom. The smallest absolute Gasteiger partial charge is 0.238 e. The molecule has 3 fully saturated rings. The van der Waals surface area contributed by atoms with Crippen molar-refractivity contribution in [2.45, 2.75) is 37.8 Å². The van der Waals surface area contributed by atoms with Crippen LogP contribution in [0.2, 0.25) is 0 Å². The van der Waals surface area contributed by atoms with Gasteiger partial charge in [-0.15, -0.1) is 12.3 Å². The topological polar surface area (TPSA) is 55.1 Å². The van der Waals surface area contributed by atoms with Gasteiger partial charge in [-0.3, -0.25) is 4.79 Å². The molecule has 0 heterocycles. The molecule has 2 bridgehead atoms. The van der Waals surface area contributed by atoms with Crippen LogP contribution in [0.5, 0.6) is 0 Å². The van der Waals surface area contributed by atoms with E-state index in [0.717, 1.165) is 23.7 Å². The van der Waals surface area contributed by atoms with Crippen LogP contribution in [0.4, 0.5) is 0 Å². The van der Waals surface area contributed by atoms with Crippen LogP contribution in [0.1, 0.15) is 25.7 Å². The third-order valence-electron chi connectivity index (χ3n) is 4.72. The van der Waals surface area contributed by atoms with Gasteiger partial charge < -0.3 is 11.1 Å². The second-order valence-electron chi connectivity index (χ2n) is 5.54. The van der Waals surface area contributed by atoms with E-state index >= 15 is 0 Å². The maximum Gasteiger partial charge on any atom is 0.238 e. The zero-order valence-electron chi connectivity index (χ0n) is 9.36. The van der Waals surface area contributed by atoms with E-state index in [4.69, 9.17) is 12.2 Å². The summed E-state index contributed by atoms with van der Waals surface area (Å²) >= 11 is 0. The van der Waals surface area contributed by atoms with Crippen LogP contribution in [0, 0.1) is 36.0 Å². The summed E-state index contributed by atoms with van der Waals surface area (Å²) in [6.45, 7) is 0. The fraction of sp³-hybridized carbons (Fsp3) is 0.769. The van der Waals surface area contributed by atoms with Crippen molar-refractivity contribution >= 4 is 5.91 Å². The highest BCUT2D eigenvalue weighted by molar-refractivity contribution is 5.82. The molecule has 0 aromatic carbocycles. The van der Waals surface area contributed by atoms with E-state index in [2.05, 4.69) is 11.2 Å². The number of fused-ring (bicyclic) bond motifs is 5. The number of rotatable bonds is 3. The minimum atomic E-state index is -0.524. The van der Waals surface area contributed by atoms with Crippen molar-refractivity contribution in [2.24, 2.45) is 29.4 Å².